The standard InChI is InChI=1S/C17H23NO5/c1-11(16(19)18-12-7-4-5-8-12)23-17(20)15-13(21-2)9-6-10-14(15)22-3/h6,9-12H,4-5,7-8H2,1-3H3,(H,18,19)/t11-/m0/s1. The number of methoxy groups -OCH3 is 2. The largest absolute Gasteiger partial charge is 0.496 e. The second-order valence-electron chi connectivity index (χ2n) is 5.58. The summed E-state index contributed by atoms with van der Waals surface area (Å²) < 4.78 is 15.6. The van der Waals surface area contributed by atoms with Crippen molar-refractivity contribution >= 4 is 11.9 Å². The van der Waals surface area contributed by atoms with E-state index in [4.69, 9.17) is 14.2 Å². The molecule has 0 aromatic heterocycles. The van der Waals surface area contributed by atoms with Gasteiger partial charge in [0.05, 0.1) is 14.2 Å². The molecule has 0 heterocycles. The van der Waals surface area contributed by atoms with Crippen LogP contribution in [0.4, 0.5) is 0 Å². The maximum Gasteiger partial charge on any atom is 0.346 e. The first-order valence-corrected chi connectivity index (χ1v) is 7.79. The van der Waals surface area contributed by atoms with Crippen LogP contribution in [0.3, 0.4) is 0 Å². The number of esters is 1. The summed E-state index contributed by atoms with van der Waals surface area (Å²) in [6.07, 6.45) is 3.33. The van der Waals surface area contributed by atoms with E-state index in [1.165, 1.54) is 14.2 Å². The molecule has 0 bridgehead atoms. The molecule has 1 saturated carbocycles. The number of nitrogens with one attached hydrogen (secondary N) is 1. The minimum Gasteiger partial charge on any atom is -0.496 e. The lowest BCUT2D eigenvalue weighted by atomic mass is 10.1. The van der Waals surface area contributed by atoms with Gasteiger partial charge < -0.3 is 19.5 Å². The molecule has 126 valence electrons. The smallest absolute Gasteiger partial charge is 0.346 e. The quantitative estimate of drug-likeness (QED) is 0.814. The van der Waals surface area contributed by atoms with Crippen molar-refractivity contribution in [3.05, 3.63) is 23.8 Å². The van der Waals surface area contributed by atoms with Crippen LogP contribution in [0.25, 0.3) is 0 Å². The summed E-state index contributed by atoms with van der Waals surface area (Å²) in [5.74, 6) is -0.233. The topological polar surface area (TPSA) is 73.9 Å². The minimum absolute atomic E-state index is 0.179. The molecular formula is C17H23NO5. The lowest BCUT2D eigenvalue weighted by Crippen LogP contribution is -2.40. The van der Waals surface area contributed by atoms with Crippen LogP contribution in [0.15, 0.2) is 18.2 Å². The fraction of sp³-hybridized carbons (Fsp3) is 0.529. The van der Waals surface area contributed by atoms with Crippen molar-refractivity contribution in [2.75, 3.05) is 14.2 Å². The van der Waals surface area contributed by atoms with Gasteiger partial charge in [0, 0.05) is 6.04 Å². The molecule has 1 aromatic carbocycles. The van der Waals surface area contributed by atoms with Gasteiger partial charge in [0.2, 0.25) is 0 Å². The third-order valence-electron chi connectivity index (χ3n) is 3.99. The van der Waals surface area contributed by atoms with E-state index in [2.05, 4.69) is 5.32 Å². The molecule has 1 aliphatic rings. The van der Waals surface area contributed by atoms with Crippen LogP contribution in [0.2, 0.25) is 0 Å². The summed E-state index contributed by atoms with van der Waals surface area (Å²) in [5, 5.41) is 2.91. The highest BCUT2D eigenvalue weighted by Crippen LogP contribution is 2.29. The lowest BCUT2D eigenvalue weighted by molar-refractivity contribution is -0.129. The van der Waals surface area contributed by atoms with Gasteiger partial charge in [-0.2, -0.15) is 0 Å². The average molecular weight is 321 g/mol. The number of rotatable bonds is 6. The van der Waals surface area contributed by atoms with Crippen LogP contribution < -0.4 is 14.8 Å². The number of carbonyl (C=O) groups excluding carboxylic acids is 2. The number of hydrogen-bond donors (Lipinski definition) is 1. The first-order chi connectivity index (χ1) is 11.1. The number of amides is 1. The van der Waals surface area contributed by atoms with Gasteiger partial charge >= 0.3 is 5.97 Å². The molecule has 1 aromatic rings. The second-order valence-corrected chi connectivity index (χ2v) is 5.58. The predicted octanol–water partition coefficient (Wildman–Crippen LogP) is 2.31. The molecule has 1 fully saturated rings. The zero-order valence-corrected chi connectivity index (χ0v) is 13.8. The van der Waals surface area contributed by atoms with Crippen molar-refractivity contribution in [1.29, 1.82) is 0 Å². The molecule has 6 heteroatoms. The van der Waals surface area contributed by atoms with Crippen LogP contribution in [0.5, 0.6) is 11.5 Å². The van der Waals surface area contributed by atoms with Crippen molar-refractivity contribution in [3.63, 3.8) is 0 Å². The summed E-state index contributed by atoms with van der Waals surface area (Å²) in [6, 6.07) is 5.18. The van der Waals surface area contributed by atoms with E-state index in [1.54, 1.807) is 25.1 Å². The Morgan fingerprint density at radius 2 is 1.70 bits per heavy atom. The monoisotopic (exact) mass is 321 g/mol. The Kier molecular flexibility index (Phi) is 5.84. The van der Waals surface area contributed by atoms with Gasteiger partial charge in [-0.1, -0.05) is 18.9 Å². The SMILES string of the molecule is COc1cccc(OC)c1C(=O)O[C@@H](C)C(=O)NC1CCCC1. The normalized spacial score (nSPS) is 15.8. The third-order valence-corrected chi connectivity index (χ3v) is 3.99. The molecule has 1 amide bonds. The number of benzene rings is 1. The Labute approximate surface area is 136 Å². The van der Waals surface area contributed by atoms with Crippen molar-refractivity contribution in [3.8, 4) is 11.5 Å². The molecule has 2 rings (SSSR count). The molecule has 0 radical (unpaired) electrons. The third kappa shape index (κ3) is 4.15. The van der Waals surface area contributed by atoms with Crippen molar-refractivity contribution in [2.45, 2.75) is 44.8 Å². The molecule has 0 spiro atoms. The highest BCUT2D eigenvalue weighted by atomic mass is 16.6. The average Bonchev–Trinajstić information content (AvgIpc) is 3.06. The molecular weight excluding hydrogens is 298 g/mol. The summed E-state index contributed by atoms with van der Waals surface area (Å²) in [5.41, 5.74) is 0.179. The second kappa shape index (κ2) is 7.85. The molecule has 0 unspecified atom stereocenters. The first-order valence-electron chi connectivity index (χ1n) is 7.79. The Hall–Kier alpha value is -2.24. The van der Waals surface area contributed by atoms with Crippen LogP contribution in [-0.2, 0) is 9.53 Å². The molecule has 0 aliphatic heterocycles. The van der Waals surface area contributed by atoms with Crippen LogP contribution in [0.1, 0.15) is 43.0 Å². The van der Waals surface area contributed by atoms with E-state index < -0.39 is 12.1 Å². The van der Waals surface area contributed by atoms with Crippen molar-refractivity contribution in [1.82, 2.24) is 5.32 Å². The van der Waals surface area contributed by atoms with Gasteiger partial charge in [0.1, 0.15) is 17.1 Å². The summed E-state index contributed by atoms with van der Waals surface area (Å²) >= 11 is 0. The van der Waals surface area contributed by atoms with E-state index >= 15 is 0 Å². The minimum atomic E-state index is -0.877. The highest BCUT2D eigenvalue weighted by molar-refractivity contribution is 5.97. The predicted molar refractivity (Wildman–Crippen MR) is 84.8 cm³/mol. The van der Waals surface area contributed by atoms with Gasteiger partial charge in [-0.15, -0.1) is 0 Å². The van der Waals surface area contributed by atoms with E-state index in [1.807, 2.05) is 0 Å². The number of hydrogen-bond acceptors (Lipinski definition) is 5. The van der Waals surface area contributed by atoms with E-state index in [-0.39, 0.29) is 17.5 Å². The molecule has 1 aliphatic carbocycles. The van der Waals surface area contributed by atoms with Crippen LogP contribution >= 0.6 is 0 Å². The van der Waals surface area contributed by atoms with E-state index in [0.717, 1.165) is 25.7 Å². The molecule has 1 atom stereocenters. The fourth-order valence-electron chi connectivity index (χ4n) is 2.71. The Morgan fingerprint density at radius 3 is 2.22 bits per heavy atom. The van der Waals surface area contributed by atoms with Crippen LogP contribution in [0, 0.1) is 0 Å². The Bertz CT molecular complexity index is 544. The number of carbonyl (C=O) groups is 2. The lowest BCUT2D eigenvalue weighted by Gasteiger charge is -2.18. The number of ether oxygens (including phenoxy) is 3. The fourth-order valence-corrected chi connectivity index (χ4v) is 2.71. The summed E-state index contributed by atoms with van der Waals surface area (Å²) in [6.45, 7) is 1.56. The Morgan fingerprint density at radius 1 is 1.13 bits per heavy atom. The Balaban J connectivity index is 2.04. The van der Waals surface area contributed by atoms with Gasteiger partial charge in [-0.3, -0.25) is 4.79 Å². The first kappa shape index (κ1) is 17.1. The van der Waals surface area contributed by atoms with Gasteiger partial charge in [-0.05, 0) is 31.9 Å². The maximum atomic E-state index is 12.4. The maximum absolute atomic E-state index is 12.4. The summed E-state index contributed by atoms with van der Waals surface area (Å²) in [7, 11) is 2.92. The van der Waals surface area contributed by atoms with Gasteiger partial charge in [0.15, 0.2) is 6.10 Å². The van der Waals surface area contributed by atoms with Crippen molar-refractivity contribution in [2.24, 2.45) is 0 Å². The van der Waals surface area contributed by atoms with Crippen LogP contribution in [-0.4, -0.2) is 38.2 Å². The zero-order chi connectivity index (χ0) is 16.8. The molecule has 6 nitrogen and oxygen atoms in total. The van der Waals surface area contributed by atoms with E-state index in [9.17, 15) is 9.59 Å². The molecule has 23 heavy (non-hydrogen) atoms. The van der Waals surface area contributed by atoms with Gasteiger partial charge in [0.25, 0.3) is 5.91 Å². The molecule has 0 saturated heterocycles. The van der Waals surface area contributed by atoms with Gasteiger partial charge in [-0.25, -0.2) is 4.79 Å². The highest BCUT2D eigenvalue weighted by Gasteiger charge is 2.26. The zero-order valence-electron chi connectivity index (χ0n) is 13.8. The van der Waals surface area contributed by atoms with Crippen molar-refractivity contribution < 1.29 is 23.8 Å². The summed E-state index contributed by atoms with van der Waals surface area (Å²) in [4.78, 5) is 24.5. The molecule has 1 N–H and O–H groups in total. The van der Waals surface area contributed by atoms with E-state index in [0.29, 0.717) is 11.5 Å².